The van der Waals surface area contributed by atoms with Crippen LogP contribution in [-0.2, 0) is 11.2 Å². The summed E-state index contributed by atoms with van der Waals surface area (Å²) in [5.74, 6) is 0. The van der Waals surface area contributed by atoms with Gasteiger partial charge >= 0.3 is 0 Å². The summed E-state index contributed by atoms with van der Waals surface area (Å²) in [7, 11) is 1.74. The molecule has 0 aliphatic carbocycles. The Morgan fingerprint density at radius 3 is 2.63 bits per heavy atom. The largest absolute Gasteiger partial charge is 0.383 e. The number of methoxy groups -OCH3 is 1. The third-order valence-electron chi connectivity index (χ3n) is 3.42. The van der Waals surface area contributed by atoms with Gasteiger partial charge < -0.3 is 10.1 Å². The number of thiophene rings is 1. The summed E-state index contributed by atoms with van der Waals surface area (Å²) in [6.45, 7) is 9.70. The zero-order valence-corrected chi connectivity index (χ0v) is 14.9. The molecule has 0 fully saturated rings. The second-order valence-corrected chi connectivity index (χ2v) is 8.28. The summed E-state index contributed by atoms with van der Waals surface area (Å²) >= 11 is 5.47. The van der Waals surface area contributed by atoms with Gasteiger partial charge in [0.1, 0.15) is 0 Å². The molecule has 0 atom stereocenters. The summed E-state index contributed by atoms with van der Waals surface area (Å²) in [6, 6.07) is 2.31. The van der Waals surface area contributed by atoms with E-state index in [9.17, 15) is 0 Å². The molecule has 0 aromatic carbocycles. The maximum absolute atomic E-state index is 5.03. The van der Waals surface area contributed by atoms with Crippen LogP contribution in [0.1, 0.15) is 37.1 Å². The molecule has 0 saturated carbocycles. The van der Waals surface area contributed by atoms with Crippen LogP contribution in [0.2, 0.25) is 0 Å². The fourth-order valence-corrected chi connectivity index (χ4v) is 3.59. The van der Waals surface area contributed by atoms with E-state index >= 15 is 0 Å². The Kier molecular flexibility index (Phi) is 7.58. The SMILES string of the molecule is COCCNCCC(C)(C)CCc1cc(C)c(Br)s1. The third-order valence-corrected chi connectivity index (χ3v) is 5.61. The van der Waals surface area contributed by atoms with Gasteiger partial charge in [-0.2, -0.15) is 0 Å². The number of halogens is 1. The van der Waals surface area contributed by atoms with Crippen molar-refractivity contribution in [2.45, 2.75) is 40.0 Å². The van der Waals surface area contributed by atoms with Crippen LogP contribution < -0.4 is 5.32 Å². The highest BCUT2D eigenvalue weighted by molar-refractivity contribution is 9.11. The van der Waals surface area contributed by atoms with Crippen LogP contribution >= 0.6 is 27.3 Å². The van der Waals surface area contributed by atoms with Crippen LogP contribution in [0.3, 0.4) is 0 Å². The second-order valence-electron chi connectivity index (χ2n) is 5.83. The van der Waals surface area contributed by atoms with Crippen LogP contribution in [0.15, 0.2) is 9.85 Å². The first-order valence-electron chi connectivity index (χ1n) is 6.89. The number of nitrogens with one attached hydrogen (secondary N) is 1. The van der Waals surface area contributed by atoms with Gasteiger partial charge in [-0.1, -0.05) is 13.8 Å². The van der Waals surface area contributed by atoms with Crippen LogP contribution in [0.25, 0.3) is 0 Å². The number of hydrogen-bond donors (Lipinski definition) is 1. The zero-order chi connectivity index (χ0) is 14.3. The first kappa shape index (κ1) is 17.2. The molecular weight excluding hydrogens is 322 g/mol. The predicted molar refractivity (Wildman–Crippen MR) is 88.2 cm³/mol. The smallest absolute Gasteiger partial charge is 0.0730 e. The Morgan fingerprint density at radius 2 is 2.05 bits per heavy atom. The Labute approximate surface area is 130 Å². The third kappa shape index (κ3) is 6.89. The van der Waals surface area contributed by atoms with E-state index in [1.54, 1.807) is 7.11 Å². The molecule has 4 heteroatoms. The van der Waals surface area contributed by atoms with Gasteiger partial charge in [-0.15, -0.1) is 11.3 Å². The summed E-state index contributed by atoms with van der Waals surface area (Å²) in [4.78, 5) is 1.49. The molecule has 0 bridgehead atoms. The number of hydrogen-bond acceptors (Lipinski definition) is 3. The van der Waals surface area contributed by atoms with Gasteiger partial charge in [0.15, 0.2) is 0 Å². The van der Waals surface area contributed by atoms with Crippen molar-refractivity contribution in [2.24, 2.45) is 5.41 Å². The first-order chi connectivity index (χ1) is 8.94. The maximum Gasteiger partial charge on any atom is 0.0730 e. The van der Waals surface area contributed by atoms with Crippen molar-refractivity contribution in [1.82, 2.24) is 5.32 Å². The molecule has 19 heavy (non-hydrogen) atoms. The Bertz CT molecular complexity index is 357. The lowest BCUT2D eigenvalue weighted by Crippen LogP contribution is -2.25. The quantitative estimate of drug-likeness (QED) is 0.668. The van der Waals surface area contributed by atoms with Gasteiger partial charge in [0.2, 0.25) is 0 Å². The van der Waals surface area contributed by atoms with Crippen molar-refractivity contribution in [3.05, 3.63) is 20.3 Å². The standard InChI is InChI=1S/C15H26BrNOS/c1-12-11-13(19-14(12)16)5-6-15(2,3)7-8-17-9-10-18-4/h11,17H,5-10H2,1-4H3. The molecule has 1 heterocycles. The lowest BCUT2D eigenvalue weighted by molar-refractivity contribution is 0.197. The molecule has 0 aliphatic rings. The van der Waals surface area contributed by atoms with Crippen LogP contribution in [0.5, 0.6) is 0 Å². The summed E-state index contributed by atoms with van der Waals surface area (Å²) in [6.07, 6.45) is 3.63. The van der Waals surface area contributed by atoms with E-state index in [0.29, 0.717) is 5.41 Å². The molecule has 2 nitrogen and oxygen atoms in total. The maximum atomic E-state index is 5.03. The Balaban J connectivity index is 2.26. The Hall–Kier alpha value is 0.1000. The molecule has 110 valence electrons. The van der Waals surface area contributed by atoms with E-state index in [1.807, 2.05) is 11.3 Å². The van der Waals surface area contributed by atoms with Gasteiger partial charge in [-0.05, 0) is 65.7 Å². The molecule has 1 aromatic heterocycles. The number of rotatable bonds is 9. The fourth-order valence-electron chi connectivity index (χ4n) is 1.96. The molecule has 0 saturated heterocycles. The van der Waals surface area contributed by atoms with Gasteiger partial charge in [-0.3, -0.25) is 0 Å². The predicted octanol–water partition coefficient (Wildman–Crippen LogP) is 4.40. The average Bonchev–Trinajstić information content (AvgIpc) is 2.66. The fraction of sp³-hybridized carbons (Fsp3) is 0.733. The van der Waals surface area contributed by atoms with E-state index in [0.717, 1.165) is 19.7 Å². The lowest BCUT2D eigenvalue weighted by Gasteiger charge is -2.24. The topological polar surface area (TPSA) is 21.3 Å². The highest BCUT2D eigenvalue weighted by Crippen LogP contribution is 2.32. The summed E-state index contributed by atoms with van der Waals surface area (Å²) in [5, 5.41) is 3.42. The summed E-state index contributed by atoms with van der Waals surface area (Å²) in [5.41, 5.74) is 1.75. The molecule has 1 aromatic rings. The van der Waals surface area contributed by atoms with Crippen LogP contribution in [0, 0.1) is 12.3 Å². The average molecular weight is 348 g/mol. The molecule has 1 rings (SSSR count). The van der Waals surface area contributed by atoms with E-state index in [-0.39, 0.29) is 0 Å². The van der Waals surface area contributed by atoms with Crippen molar-refractivity contribution in [3.8, 4) is 0 Å². The molecule has 0 unspecified atom stereocenters. The Morgan fingerprint density at radius 1 is 1.32 bits per heavy atom. The van der Waals surface area contributed by atoms with Crippen LogP contribution in [0.4, 0.5) is 0 Å². The molecular formula is C15H26BrNOS. The minimum Gasteiger partial charge on any atom is -0.383 e. The molecule has 0 radical (unpaired) electrons. The normalized spacial score (nSPS) is 12.1. The minimum absolute atomic E-state index is 0.393. The van der Waals surface area contributed by atoms with Gasteiger partial charge in [-0.25, -0.2) is 0 Å². The molecule has 0 aliphatic heterocycles. The lowest BCUT2D eigenvalue weighted by atomic mass is 9.84. The monoisotopic (exact) mass is 347 g/mol. The van der Waals surface area contributed by atoms with E-state index in [1.165, 1.54) is 33.5 Å². The zero-order valence-electron chi connectivity index (χ0n) is 12.5. The van der Waals surface area contributed by atoms with Crippen molar-refractivity contribution in [3.63, 3.8) is 0 Å². The highest BCUT2D eigenvalue weighted by atomic mass is 79.9. The number of ether oxygens (including phenoxy) is 1. The second kappa shape index (κ2) is 8.40. The van der Waals surface area contributed by atoms with E-state index < -0.39 is 0 Å². The van der Waals surface area contributed by atoms with Crippen molar-refractivity contribution in [2.75, 3.05) is 26.8 Å². The summed E-state index contributed by atoms with van der Waals surface area (Å²) < 4.78 is 6.31. The van der Waals surface area contributed by atoms with Gasteiger partial charge in [0.25, 0.3) is 0 Å². The van der Waals surface area contributed by atoms with Crippen LogP contribution in [-0.4, -0.2) is 26.8 Å². The highest BCUT2D eigenvalue weighted by Gasteiger charge is 2.17. The minimum atomic E-state index is 0.393. The molecule has 0 amide bonds. The molecule has 1 N–H and O–H groups in total. The van der Waals surface area contributed by atoms with Crippen molar-refractivity contribution < 1.29 is 4.74 Å². The van der Waals surface area contributed by atoms with Gasteiger partial charge in [0.05, 0.1) is 10.4 Å². The molecule has 0 spiro atoms. The first-order valence-corrected chi connectivity index (χ1v) is 8.50. The van der Waals surface area contributed by atoms with E-state index in [2.05, 4.69) is 48.1 Å². The van der Waals surface area contributed by atoms with Gasteiger partial charge in [0, 0.05) is 18.5 Å². The van der Waals surface area contributed by atoms with Crippen molar-refractivity contribution >= 4 is 27.3 Å². The van der Waals surface area contributed by atoms with Crippen molar-refractivity contribution in [1.29, 1.82) is 0 Å². The number of aryl methyl sites for hydroxylation is 2. The van der Waals surface area contributed by atoms with E-state index in [4.69, 9.17) is 4.74 Å².